The van der Waals surface area contributed by atoms with E-state index in [-0.39, 0.29) is 37.9 Å². The van der Waals surface area contributed by atoms with Gasteiger partial charge in [-0.25, -0.2) is 0 Å². The zero-order chi connectivity index (χ0) is 72.2. The molecule has 0 radical (unpaired) electrons. The molecule has 8 unspecified atom stereocenters. The third-order valence-corrected chi connectivity index (χ3v) is 22.5. The molecular formula is C77H170N12O6+10. The van der Waals surface area contributed by atoms with Crippen molar-refractivity contribution in [3.63, 3.8) is 0 Å². The fourth-order valence-corrected chi connectivity index (χ4v) is 15.9. The number of likely N-dealkylation sites (N-methyl/N-ethyl adjacent to an activating group) is 10. The summed E-state index contributed by atoms with van der Waals surface area (Å²) >= 11 is 0. The van der Waals surface area contributed by atoms with E-state index in [9.17, 15) is 19.2 Å². The van der Waals surface area contributed by atoms with Crippen molar-refractivity contribution in [2.24, 2.45) is 0 Å². The topological polar surface area (TPSA) is 111 Å². The van der Waals surface area contributed by atoms with Gasteiger partial charge < -0.3 is 64.9 Å². The third kappa shape index (κ3) is 41.1. The van der Waals surface area contributed by atoms with E-state index in [0.29, 0.717) is 25.9 Å². The number of amides is 2. The molecule has 0 saturated heterocycles. The summed E-state index contributed by atoms with van der Waals surface area (Å²) in [7, 11) is 24.8. The highest BCUT2D eigenvalue weighted by Crippen LogP contribution is 2.20. The lowest BCUT2D eigenvalue weighted by atomic mass is 10.2. The number of nitrogens with zero attached hydrogens (tertiary/aromatic N) is 10. The fourth-order valence-electron chi connectivity index (χ4n) is 15.9. The Morgan fingerprint density at radius 1 is 0.232 bits per heavy atom. The maximum atomic E-state index is 13.0. The van der Waals surface area contributed by atoms with Gasteiger partial charge >= 0.3 is 11.9 Å². The lowest BCUT2D eigenvalue weighted by molar-refractivity contribution is -1.00. The van der Waals surface area contributed by atoms with Crippen LogP contribution in [0.3, 0.4) is 0 Å². The van der Waals surface area contributed by atoms with Gasteiger partial charge in [0, 0.05) is 12.8 Å². The van der Waals surface area contributed by atoms with E-state index in [4.69, 9.17) is 9.47 Å². The molecule has 564 valence electrons. The average Bonchev–Trinajstić information content (AvgIpc) is 0.866. The molecule has 0 aliphatic rings. The summed E-state index contributed by atoms with van der Waals surface area (Å²) in [6, 6.07) is 0. The Morgan fingerprint density at radius 2 is 0.379 bits per heavy atom. The number of hydrogen-bond donors (Lipinski definition) is 2. The highest BCUT2D eigenvalue weighted by atomic mass is 16.6. The molecule has 0 aliphatic heterocycles. The van der Waals surface area contributed by atoms with E-state index in [1.165, 1.54) is 213 Å². The minimum Gasteiger partial charge on any atom is -0.465 e. The van der Waals surface area contributed by atoms with Gasteiger partial charge in [0.1, 0.15) is 111 Å². The van der Waals surface area contributed by atoms with Crippen molar-refractivity contribution in [1.82, 2.24) is 10.6 Å². The molecule has 0 aromatic rings. The number of nitrogens with one attached hydrogen (secondary N) is 2. The monoisotopic (exact) mass is 1360 g/mol. The summed E-state index contributed by atoms with van der Waals surface area (Å²) in [6.45, 7) is 64.6. The van der Waals surface area contributed by atoms with Crippen LogP contribution in [-0.4, -0.2) is 362 Å². The van der Waals surface area contributed by atoms with Crippen LogP contribution in [0.2, 0.25) is 0 Å². The molecular weight excluding hydrogens is 1190 g/mol. The predicted molar refractivity (Wildman–Crippen MR) is 402 cm³/mol. The minimum atomic E-state index is -0.668. The zero-order valence-corrected chi connectivity index (χ0v) is 68.0. The van der Waals surface area contributed by atoms with Gasteiger partial charge in [0.25, 0.3) is 0 Å². The highest BCUT2D eigenvalue weighted by Gasteiger charge is 2.38. The van der Waals surface area contributed by atoms with Crippen LogP contribution in [0.1, 0.15) is 192 Å². The van der Waals surface area contributed by atoms with Gasteiger partial charge in [0.15, 0.2) is 0 Å². The van der Waals surface area contributed by atoms with Crippen molar-refractivity contribution in [3.8, 4) is 0 Å². The predicted octanol–water partition coefficient (Wildman–Crippen LogP) is 9.64. The highest BCUT2D eigenvalue weighted by molar-refractivity contribution is 5.91. The van der Waals surface area contributed by atoms with Crippen molar-refractivity contribution in [3.05, 3.63) is 0 Å². The maximum Gasteiger partial charge on any atom is 0.317 e. The molecule has 18 heteroatoms. The first-order valence-electron chi connectivity index (χ1n) is 39.9. The SMILES string of the molecule is CCC[N+](C)(CCC)CC[N+](C)(CCC)CC[N+](C)(CCC)CC[N+](C)(CCC)CC[N+](C)(CCC)CCNC(=O)CCCOC(=O)CC(=O)OCCCC(=O)NCC[N+](C)(CCC)CC[N+](C)(CCC)CC[N+](C)(CCC)CC[N+](C)(CCC)CC[N+](C)(CCC)CCC. The summed E-state index contributed by atoms with van der Waals surface area (Å²) in [5.74, 6) is -1.44. The van der Waals surface area contributed by atoms with Crippen LogP contribution in [0.25, 0.3) is 0 Å². The molecule has 0 heterocycles. The summed E-state index contributed by atoms with van der Waals surface area (Å²) in [6.07, 6.45) is 15.1. The largest absolute Gasteiger partial charge is 0.465 e. The van der Waals surface area contributed by atoms with Crippen LogP contribution >= 0.6 is 0 Å². The van der Waals surface area contributed by atoms with Crippen molar-refractivity contribution >= 4 is 23.8 Å². The second-order valence-electron chi connectivity index (χ2n) is 33.4. The number of ether oxygens (including phenoxy) is 2. The molecule has 0 fully saturated rings. The van der Waals surface area contributed by atoms with Gasteiger partial charge in [-0.2, -0.15) is 0 Å². The normalized spacial score (nSPS) is 17.4. The number of esters is 2. The molecule has 0 spiro atoms. The average molecular weight is 1360 g/mol. The Balaban J connectivity index is 5.12. The van der Waals surface area contributed by atoms with Gasteiger partial charge in [0.05, 0.1) is 188 Å². The van der Waals surface area contributed by atoms with Gasteiger partial charge in [-0.1, -0.05) is 83.1 Å². The van der Waals surface area contributed by atoms with Gasteiger partial charge in [-0.15, -0.1) is 0 Å². The molecule has 2 amide bonds. The van der Waals surface area contributed by atoms with Crippen LogP contribution in [0.15, 0.2) is 0 Å². The van der Waals surface area contributed by atoms with E-state index < -0.39 is 18.4 Å². The molecule has 95 heavy (non-hydrogen) atoms. The molecule has 0 aliphatic carbocycles. The zero-order valence-electron chi connectivity index (χ0n) is 68.0. The summed E-state index contributed by atoms with van der Waals surface area (Å²) in [5, 5.41) is 6.31. The van der Waals surface area contributed by atoms with E-state index in [0.717, 1.165) is 105 Å². The van der Waals surface area contributed by atoms with Crippen LogP contribution in [0.4, 0.5) is 0 Å². The summed E-state index contributed by atoms with van der Waals surface area (Å²) in [5.41, 5.74) is 0. The summed E-state index contributed by atoms with van der Waals surface area (Å²) in [4.78, 5) is 51.2. The van der Waals surface area contributed by atoms with E-state index in [1.807, 2.05) is 0 Å². The fraction of sp³-hybridized carbons (Fsp3) is 0.948. The van der Waals surface area contributed by atoms with E-state index in [1.54, 1.807) is 0 Å². The Hall–Kier alpha value is -2.52. The van der Waals surface area contributed by atoms with Crippen LogP contribution in [0, 0.1) is 0 Å². The second-order valence-corrected chi connectivity index (χ2v) is 33.4. The first-order chi connectivity index (χ1) is 44.7. The molecule has 0 bridgehead atoms. The molecule has 0 saturated carbocycles. The quantitative estimate of drug-likeness (QED) is 0.0272. The molecule has 0 rings (SSSR count). The van der Waals surface area contributed by atoms with Crippen molar-refractivity contribution < 1.29 is 73.5 Å². The molecule has 18 nitrogen and oxygen atoms in total. The van der Waals surface area contributed by atoms with Gasteiger partial charge in [0.2, 0.25) is 11.8 Å². The summed E-state index contributed by atoms with van der Waals surface area (Å²) < 4.78 is 21.7. The number of rotatable bonds is 64. The third-order valence-electron chi connectivity index (χ3n) is 22.5. The number of carbonyl (C=O) groups is 4. The molecule has 2 N–H and O–H groups in total. The number of hydrogen-bond acceptors (Lipinski definition) is 6. The maximum absolute atomic E-state index is 13.0. The van der Waals surface area contributed by atoms with Crippen LogP contribution in [-0.2, 0) is 28.7 Å². The Kier molecular flexibility index (Phi) is 47.0. The first kappa shape index (κ1) is 92.5. The lowest BCUT2D eigenvalue weighted by Crippen LogP contribution is -2.62. The van der Waals surface area contributed by atoms with E-state index in [2.05, 4.69) is 164 Å². The van der Waals surface area contributed by atoms with E-state index >= 15 is 0 Å². The molecule has 0 aromatic heterocycles. The lowest BCUT2D eigenvalue weighted by Gasteiger charge is -2.44. The van der Waals surface area contributed by atoms with Gasteiger partial charge in [-0.05, 0) is 89.9 Å². The first-order valence-corrected chi connectivity index (χ1v) is 39.9. The Bertz CT molecular complexity index is 1890. The minimum absolute atomic E-state index is 0.0530. The van der Waals surface area contributed by atoms with Crippen molar-refractivity contribution in [2.75, 3.05) is 293 Å². The van der Waals surface area contributed by atoms with Crippen LogP contribution < -0.4 is 10.6 Å². The molecule has 0 aromatic carbocycles. The van der Waals surface area contributed by atoms with Crippen LogP contribution in [0.5, 0.6) is 0 Å². The smallest absolute Gasteiger partial charge is 0.317 e. The Labute approximate surface area is 590 Å². The standard InChI is InChI=1S/C77H168N12O6/c1-23-41-80(13,42-24-2)55-59-84(17,47-29-7)63-67-88(21,51-33-11)69-65-86(19,49-31-9)61-57-82(15,45-27-5)53-39-78-74(90)37-35-71-94-76(92)73-77(93)95-72-36-38-75(91)79-40-54-83(16,46-28-6)58-62-87(20,50-32-10)66-70-89(22,52-34-12)68-64-85(18,48-30-8)60-56-81(14,43-25-3)44-26-4/h23-73H2,1-22H3/q+8/p+2. The van der Waals surface area contributed by atoms with Crippen molar-refractivity contribution in [2.45, 2.75) is 192 Å². The number of carbonyl (C=O) groups excluding carboxylic acids is 4. The van der Waals surface area contributed by atoms with Crippen molar-refractivity contribution in [1.29, 1.82) is 0 Å². The number of quaternary nitrogens is 10. The van der Waals surface area contributed by atoms with Gasteiger partial charge in [-0.3, -0.25) is 19.2 Å². The second kappa shape index (κ2) is 48.3. The Morgan fingerprint density at radius 3 is 0.537 bits per heavy atom. The molecule has 8 atom stereocenters.